The fourth-order valence-electron chi connectivity index (χ4n) is 9.90. The molecule has 5 rings (SSSR count). The fraction of sp³-hybridized carbons (Fsp3) is 0.632. The van der Waals surface area contributed by atoms with Crippen molar-refractivity contribution in [3.05, 3.63) is 65.3 Å². The number of aromatic hydroxyl groups is 1. The number of aliphatic carboxylic acids is 1. The van der Waals surface area contributed by atoms with Crippen molar-refractivity contribution in [3.8, 4) is 5.75 Å². The zero-order valence-corrected chi connectivity index (χ0v) is 27.7. The van der Waals surface area contributed by atoms with Gasteiger partial charge in [-0.25, -0.2) is 4.79 Å². The van der Waals surface area contributed by atoms with Crippen LogP contribution in [0.25, 0.3) is 0 Å². The van der Waals surface area contributed by atoms with E-state index in [2.05, 4.69) is 67.2 Å². The van der Waals surface area contributed by atoms with Gasteiger partial charge in [-0.05, 0) is 103 Å². The first-order valence-corrected chi connectivity index (χ1v) is 16.5. The number of hydrogen-bond donors (Lipinski definition) is 3. The van der Waals surface area contributed by atoms with E-state index in [0.29, 0.717) is 30.7 Å². The lowest BCUT2D eigenvalue weighted by atomic mass is 9.44. The van der Waals surface area contributed by atoms with Crippen molar-refractivity contribution in [2.75, 3.05) is 0 Å². The lowest BCUT2D eigenvalue weighted by Gasteiger charge is -2.61. The summed E-state index contributed by atoms with van der Waals surface area (Å²) in [4.78, 5) is 25.8. The Balaban J connectivity index is 1.43. The second-order valence-corrected chi connectivity index (χ2v) is 15.8. The Kier molecular flexibility index (Phi) is 8.27. The zero-order chi connectivity index (χ0) is 32.4. The molecule has 240 valence electrons. The monoisotopic (exact) mass is 604 g/mol. The summed E-state index contributed by atoms with van der Waals surface area (Å²) in [5.41, 5.74) is 2.99. The van der Waals surface area contributed by atoms with Gasteiger partial charge in [0.15, 0.2) is 0 Å². The average Bonchev–Trinajstić information content (AvgIpc) is 3.15. The maximum absolute atomic E-state index is 13.1. The maximum atomic E-state index is 13.1. The van der Waals surface area contributed by atoms with E-state index < -0.39 is 18.0 Å². The van der Waals surface area contributed by atoms with Crippen LogP contribution in [0, 0.1) is 45.3 Å². The number of hydrogen-bond acceptors (Lipinski definition) is 5. The lowest BCUT2D eigenvalue weighted by Crippen LogP contribution is -2.55. The van der Waals surface area contributed by atoms with Gasteiger partial charge in [-0.1, -0.05) is 72.8 Å². The number of phenols is 1. The first kappa shape index (κ1) is 32.5. The van der Waals surface area contributed by atoms with Gasteiger partial charge in [0.1, 0.15) is 11.9 Å². The van der Waals surface area contributed by atoms with Crippen molar-refractivity contribution >= 4 is 11.9 Å². The molecule has 6 heteroatoms. The van der Waals surface area contributed by atoms with E-state index in [1.165, 1.54) is 23.3 Å². The van der Waals surface area contributed by atoms with Gasteiger partial charge in [0.2, 0.25) is 0 Å². The van der Waals surface area contributed by atoms with Gasteiger partial charge >= 0.3 is 11.9 Å². The molecule has 0 saturated heterocycles. The number of allylic oxidation sites excluding steroid dienone is 5. The van der Waals surface area contributed by atoms with Crippen molar-refractivity contribution in [2.24, 2.45) is 45.3 Å². The van der Waals surface area contributed by atoms with Crippen LogP contribution >= 0.6 is 0 Å². The van der Waals surface area contributed by atoms with Gasteiger partial charge in [-0.15, -0.1) is 0 Å². The Morgan fingerprint density at radius 2 is 1.70 bits per heavy atom. The molecule has 4 aliphatic rings. The number of rotatable bonds is 8. The molecule has 0 unspecified atom stereocenters. The fourth-order valence-corrected chi connectivity index (χ4v) is 9.90. The van der Waals surface area contributed by atoms with E-state index >= 15 is 0 Å². The summed E-state index contributed by atoms with van der Waals surface area (Å²) in [6.45, 7) is 19.6. The highest BCUT2D eigenvalue weighted by molar-refractivity contribution is 5.89. The molecule has 0 bridgehead atoms. The molecule has 0 heterocycles. The average molecular weight is 605 g/mol. The van der Waals surface area contributed by atoms with Crippen molar-refractivity contribution in [3.63, 3.8) is 0 Å². The molecule has 0 radical (unpaired) electrons. The van der Waals surface area contributed by atoms with Gasteiger partial charge in [0.05, 0.1) is 17.6 Å². The SMILES string of the molecule is C=C(CC[C@@H](C(=O)O)[C@@H]1[C@H](O)C[C@]2(C)C3=CC[C@@H]4C(C)(C)[C@@H](OC(=O)c5ccc(O)cc5)CC[C@]4(C)C3=CC[C@]12C)C(C)C. The molecule has 1 aromatic rings. The molecule has 2 fully saturated rings. The van der Waals surface area contributed by atoms with Crippen LogP contribution < -0.4 is 0 Å². The summed E-state index contributed by atoms with van der Waals surface area (Å²) in [7, 11) is 0. The molecule has 1 aromatic carbocycles. The number of aliphatic hydroxyl groups excluding tert-OH is 1. The molecule has 8 atom stereocenters. The van der Waals surface area contributed by atoms with Gasteiger partial charge < -0.3 is 20.1 Å². The van der Waals surface area contributed by atoms with E-state index in [1.807, 2.05) is 0 Å². The van der Waals surface area contributed by atoms with Crippen LogP contribution in [0.3, 0.4) is 0 Å². The smallest absolute Gasteiger partial charge is 0.338 e. The van der Waals surface area contributed by atoms with Gasteiger partial charge in [-0.2, -0.15) is 0 Å². The highest BCUT2D eigenvalue weighted by Gasteiger charge is 2.66. The van der Waals surface area contributed by atoms with Crippen molar-refractivity contribution < 1.29 is 29.6 Å². The number of carbonyl (C=O) groups excluding carboxylic acids is 1. The third-order valence-corrected chi connectivity index (χ3v) is 12.9. The number of carboxylic acids is 1. The molecule has 4 aliphatic carbocycles. The Labute approximate surface area is 263 Å². The quantitative estimate of drug-likeness (QED) is 0.205. The van der Waals surface area contributed by atoms with Crippen LogP contribution in [0.5, 0.6) is 5.75 Å². The third-order valence-electron chi connectivity index (χ3n) is 12.9. The minimum absolute atomic E-state index is 0.113. The number of phenolic OH excluding ortho intramolecular Hbond substituents is 1. The van der Waals surface area contributed by atoms with E-state index in [-0.39, 0.29) is 51.3 Å². The van der Waals surface area contributed by atoms with E-state index in [1.54, 1.807) is 12.1 Å². The highest BCUT2D eigenvalue weighted by Crippen LogP contribution is 2.72. The van der Waals surface area contributed by atoms with Crippen LogP contribution in [-0.2, 0) is 9.53 Å². The van der Waals surface area contributed by atoms with Crippen molar-refractivity contribution in [1.82, 2.24) is 0 Å². The molecular weight excluding hydrogens is 552 g/mol. The summed E-state index contributed by atoms with van der Waals surface area (Å²) < 4.78 is 6.14. The Morgan fingerprint density at radius 1 is 1.05 bits per heavy atom. The summed E-state index contributed by atoms with van der Waals surface area (Å²) in [6.07, 6.45) is 8.71. The Hall–Kier alpha value is -2.86. The number of benzene rings is 1. The predicted octanol–water partition coefficient (Wildman–Crippen LogP) is 8.11. The summed E-state index contributed by atoms with van der Waals surface area (Å²) >= 11 is 0. The third kappa shape index (κ3) is 4.96. The highest BCUT2D eigenvalue weighted by atomic mass is 16.5. The molecule has 0 amide bonds. The molecule has 2 saturated carbocycles. The topological polar surface area (TPSA) is 104 Å². The van der Waals surface area contributed by atoms with E-state index in [4.69, 9.17) is 4.74 Å². The molecule has 44 heavy (non-hydrogen) atoms. The first-order chi connectivity index (χ1) is 20.5. The van der Waals surface area contributed by atoms with Crippen LogP contribution in [0.1, 0.15) is 104 Å². The molecule has 3 N–H and O–H groups in total. The molecular formula is C38H52O6. The van der Waals surface area contributed by atoms with Gasteiger partial charge in [0, 0.05) is 16.7 Å². The number of esters is 1. The van der Waals surface area contributed by atoms with Crippen molar-refractivity contribution in [1.29, 1.82) is 0 Å². The minimum atomic E-state index is -0.822. The van der Waals surface area contributed by atoms with Crippen LogP contribution in [0.4, 0.5) is 0 Å². The second-order valence-electron chi connectivity index (χ2n) is 15.8. The largest absolute Gasteiger partial charge is 0.508 e. The van der Waals surface area contributed by atoms with Crippen molar-refractivity contribution in [2.45, 2.75) is 106 Å². The number of aliphatic hydroxyl groups is 1. The molecule has 0 spiro atoms. The van der Waals surface area contributed by atoms with E-state index in [9.17, 15) is 24.9 Å². The van der Waals surface area contributed by atoms with Crippen LogP contribution in [0.15, 0.2) is 59.7 Å². The molecule has 0 aromatic heterocycles. The summed E-state index contributed by atoms with van der Waals surface area (Å²) in [6, 6.07) is 6.19. The number of carboxylic acid groups (broad SMARTS) is 1. The first-order valence-electron chi connectivity index (χ1n) is 16.5. The van der Waals surface area contributed by atoms with Gasteiger partial charge in [-0.3, -0.25) is 4.79 Å². The molecule has 6 nitrogen and oxygen atoms in total. The van der Waals surface area contributed by atoms with Crippen LogP contribution in [0.2, 0.25) is 0 Å². The zero-order valence-electron chi connectivity index (χ0n) is 27.7. The lowest BCUT2D eigenvalue weighted by molar-refractivity contribution is -0.148. The predicted molar refractivity (Wildman–Crippen MR) is 172 cm³/mol. The van der Waals surface area contributed by atoms with E-state index in [0.717, 1.165) is 31.3 Å². The Bertz CT molecular complexity index is 1380. The number of fused-ring (bicyclic) bond motifs is 5. The second kappa shape index (κ2) is 11.2. The maximum Gasteiger partial charge on any atom is 0.338 e. The summed E-state index contributed by atoms with van der Waals surface area (Å²) in [5.74, 6) is -1.50. The minimum Gasteiger partial charge on any atom is -0.508 e. The number of carbonyl (C=O) groups is 2. The standard InChI is InChI=1S/C38H52O6/c1-22(2)23(3)9-14-26(33(41)42)32-29(40)21-38(8)28-15-16-30-35(4,5)31(44-34(43)24-10-12-25(39)13-11-24)18-19-36(30,6)27(28)17-20-37(32,38)7/h10-13,15,17,22,26,29-32,39-40H,3,9,14,16,18-21H2,1-2,4-8H3,(H,41,42)/t26-,29-,30-,31+,32-,36-,37-,38-/m1/s1. The number of ether oxygens (including phenoxy) is 1. The summed E-state index contributed by atoms with van der Waals surface area (Å²) in [5, 5.41) is 31.7. The Morgan fingerprint density at radius 3 is 2.32 bits per heavy atom. The van der Waals surface area contributed by atoms with Gasteiger partial charge in [0.25, 0.3) is 0 Å². The molecule has 0 aliphatic heterocycles. The normalized spacial score (nSPS) is 36.3. The van der Waals surface area contributed by atoms with Crippen LogP contribution in [-0.4, -0.2) is 39.5 Å².